The highest BCUT2D eigenvalue weighted by atomic mass is 16.5. The highest BCUT2D eigenvalue weighted by Gasteiger charge is 2.38. The molecule has 3 fully saturated rings. The van der Waals surface area contributed by atoms with E-state index in [9.17, 15) is 4.79 Å². The number of pyridine rings is 1. The molecule has 1 saturated heterocycles. The Balaban J connectivity index is 1.57. The van der Waals surface area contributed by atoms with E-state index in [1.165, 1.54) is 12.8 Å². The number of amides is 1. The molecule has 132 valence electrons. The zero-order valence-electron chi connectivity index (χ0n) is 14.5. The number of carbonyl (C=O) groups is 1. The molecule has 0 spiro atoms. The molecule has 0 radical (unpaired) electrons. The second kappa shape index (κ2) is 5.80. The molecule has 2 aromatic heterocycles. The van der Waals surface area contributed by atoms with Gasteiger partial charge in [-0.1, -0.05) is 18.0 Å². The van der Waals surface area contributed by atoms with E-state index in [2.05, 4.69) is 10.1 Å². The standard InChI is InChI=1S/C19H23N3O3/c1-11-17-13(10-14(12-6-7-12)20-18(17)25-21-11)19(23)22-8-9-24-16-5-3-2-4-15(16)22/h10,12,15-16H,2-9H2,1H3/t15-,16-/m0/s1. The lowest BCUT2D eigenvalue weighted by Crippen LogP contribution is -2.54. The Hall–Kier alpha value is -1.95. The van der Waals surface area contributed by atoms with E-state index in [1.54, 1.807) is 0 Å². The van der Waals surface area contributed by atoms with Crippen LogP contribution in [0.2, 0.25) is 0 Å². The van der Waals surface area contributed by atoms with Gasteiger partial charge in [-0.15, -0.1) is 0 Å². The number of carbonyl (C=O) groups excluding carboxylic acids is 1. The molecule has 1 aliphatic heterocycles. The van der Waals surface area contributed by atoms with Crippen LogP contribution in [0, 0.1) is 6.92 Å². The lowest BCUT2D eigenvalue weighted by atomic mass is 9.89. The van der Waals surface area contributed by atoms with Gasteiger partial charge in [0.15, 0.2) is 0 Å². The third kappa shape index (κ3) is 2.54. The van der Waals surface area contributed by atoms with Crippen molar-refractivity contribution >= 4 is 17.0 Å². The molecule has 25 heavy (non-hydrogen) atoms. The Morgan fingerprint density at radius 1 is 1.24 bits per heavy atom. The molecule has 0 bridgehead atoms. The van der Waals surface area contributed by atoms with Crippen LogP contribution in [-0.4, -0.2) is 46.2 Å². The van der Waals surface area contributed by atoms with Crippen molar-refractivity contribution in [2.45, 2.75) is 63.5 Å². The van der Waals surface area contributed by atoms with Crippen molar-refractivity contribution < 1.29 is 14.1 Å². The number of hydrogen-bond acceptors (Lipinski definition) is 5. The fourth-order valence-corrected chi connectivity index (χ4v) is 4.37. The maximum absolute atomic E-state index is 13.5. The second-order valence-electron chi connectivity index (χ2n) is 7.58. The van der Waals surface area contributed by atoms with Crippen LogP contribution in [0.15, 0.2) is 10.6 Å². The first kappa shape index (κ1) is 15.3. The van der Waals surface area contributed by atoms with Crippen molar-refractivity contribution in [2.24, 2.45) is 0 Å². The topological polar surface area (TPSA) is 68.5 Å². The number of rotatable bonds is 2. The van der Waals surface area contributed by atoms with Crippen LogP contribution in [0.25, 0.3) is 11.1 Å². The number of aromatic nitrogens is 2. The summed E-state index contributed by atoms with van der Waals surface area (Å²) < 4.78 is 11.3. The molecule has 0 unspecified atom stereocenters. The summed E-state index contributed by atoms with van der Waals surface area (Å²) in [6.07, 6.45) is 6.92. The molecule has 0 aromatic carbocycles. The molecule has 2 aliphatic carbocycles. The molecule has 2 aromatic rings. The number of nitrogens with zero attached hydrogens (tertiary/aromatic N) is 3. The first-order valence-corrected chi connectivity index (χ1v) is 9.42. The summed E-state index contributed by atoms with van der Waals surface area (Å²) in [5.74, 6) is 0.550. The molecule has 0 N–H and O–H groups in total. The lowest BCUT2D eigenvalue weighted by Gasteiger charge is -2.43. The molecule has 3 heterocycles. The van der Waals surface area contributed by atoms with Gasteiger partial charge in [0.25, 0.3) is 11.6 Å². The summed E-state index contributed by atoms with van der Waals surface area (Å²) >= 11 is 0. The van der Waals surface area contributed by atoms with Crippen LogP contribution >= 0.6 is 0 Å². The van der Waals surface area contributed by atoms with Gasteiger partial charge in [0, 0.05) is 18.2 Å². The summed E-state index contributed by atoms with van der Waals surface area (Å²) in [5.41, 5.74) is 2.91. The third-order valence-corrected chi connectivity index (χ3v) is 5.86. The zero-order valence-corrected chi connectivity index (χ0v) is 14.5. The van der Waals surface area contributed by atoms with Gasteiger partial charge < -0.3 is 14.2 Å². The van der Waals surface area contributed by atoms with Gasteiger partial charge in [-0.05, 0) is 38.7 Å². The van der Waals surface area contributed by atoms with Crippen molar-refractivity contribution in [3.8, 4) is 0 Å². The van der Waals surface area contributed by atoms with E-state index >= 15 is 0 Å². The van der Waals surface area contributed by atoms with Crippen LogP contribution in [-0.2, 0) is 4.74 Å². The van der Waals surface area contributed by atoms with Crippen molar-refractivity contribution in [1.29, 1.82) is 0 Å². The quantitative estimate of drug-likeness (QED) is 0.839. The SMILES string of the molecule is Cc1noc2nc(C3CC3)cc(C(=O)N3CCO[C@H]4CCCC[C@@H]43)c12. The van der Waals surface area contributed by atoms with E-state index in [4.69, 9.17) is 9.26 Å². The van der Waals surface area contributed by atoms with Crippen LogP contribution in [0.4, 0.5) is 0 Å². The van der Waals surface area contributed by atoms with Crippen molar-refractivity contribution in [3.63, 3.8) is 0 Å². The average molecular weight is 341 g/mol. The maximum atomic E-state index is 13.5. The molecule has 1 amide bonds. The smallest absolute Gasteiger partial charge is 0.259 e. The number of hydrogen-bond donors (Lipinski definition) is 0. The zero-order chi connectivity index (χ0) is 17.0. The Bertz CT molecular complexity index is 825. The average Bonchev–Trinajstić information content (AvgIpc) is 3.44. The Morgan fingerprint density at radius 2 is 2.08 bits per heavy atom. The number of fused-ring (bicyclic) bond motifs is 2. The third-order valence-electron chi connectivity index (χ3n) is 5.86. The van der Waals surface area contributed by atoms with Gasteiger partial charge in [0.2, 0.25) is 0 Å². The van der Waals surface area contributed by atoms with Gasteiger partial charge in [-0.2, -0.15) is 0 Å². The van der Waals surface area contributed by atoms with Gasteiger partial charge in [0.05, 0.1) is 35.4 Å². The first-order valence-electron chi connectivity index (χ1n) is 9.42. The van der Waals surface area contributed by atoms with Crippen molar-refractivity contribution in [2.75, 3.05) is 13.2 Å². The van der Waals surface area contributed by atoms with E-state index in [-0.39, 0.29) is 18.1 Å². The molecule has 2 saturated carbocycles. The normalized spacial score (nSPS) is 26.7. The van der Waals surface area contributed by atoms with Gasteiger partial charge >= 0.3 is 0 Å². The summed E-state index contributed by atoms with van der Waals surface area (Å²) in [4.78, 5) is 20.1. The predicted molar refractivity (Wildman–Crippen MR) is 91.5 cm³/mol. The first-order chi connectivity index (χ1) is 12.2. The minimum Gasteiger partial charge on any atom is -0.374 e. The molecule has 5 rings (SSSR count). The second-order valence-corrected chi connectivity index (χ2v) is 7.58. The van der Waals surface area contributed by atoms with Crippen LogP contribution in [0.5, 0.6) is 0 Å². The van der Waals surface area contributed by atoms with E-state index in [0.29, 0.717) is 30.3 Å². The van der Waals surface area contributed by atoms with E-state index in [0.717, 1.165) is 42.5 Å². The molecule has 6 heteroatoms. The highest BCUT2D eigenvalue weighted by molar-refractivity contribution is 6.06. The Morgan fingerprint density at radius 3 is 2.92 bits per heavy atom. The van der Waals surface area contributed by atoms with Crippen molar-refractivity contribution in [1.82, 2.24) is 15.0 Å². The maximum Gasteiger partial charge on any atom is 0.259 e. The number of ether oxygens (including phenoxy) is 1. The monoisotopic (exact) mass is 341 g/mol. The molecular weight excluding hydrogens is 318 g/mol. The Kier molecular flexibility index (Phi) is 3.55. The van der Waals surface area contributed by atoms with Gasteiger partial charge in [-0.3, -0.25) is 4.79 Å². The summed E-state index contributed by atoms with van der Waals surface area (Å²) in [5, 5.41) is 4.82. The largest absolute Gasteiger partial charge is 0.374 e. The number of morpholine rings is 1. The molecular formula is C19H23N3O3. The predicted octanol–water partition coefficient (Wildman–Crippen LogP) is 3.19. The summed E-state index contributed by atoms with van der Waals surface area (Å²) in [7, 11) is 0. The van der Waals surface area contributed by atoms with E-state index < -0.39 is 0 Å². The Labute approximate surface area is 146 Å². The van der Waals surface area contributed by atoms with Crippen LogP contribution in [0.1, 0.15) is 66.2 Å². The number of aryl methyl sites for hydroxylation is 1. The minimum absolute atomic E-state index is 0.0841. The fourth-order valence-electron chi connectivity index (χ4n) is 4.37. The summed E-state index contributed by atoms with van der Waals surface area (Å²) in [6.45, 7) is 3.16. The van der Waals surface area contributed by atoms with E-state index in [1.807, 2.05) is 17.9 Å². The van der Waals surface area contributed by atoms with Crippen molar-refractivity contribution in [3.05, 3.63) is 23.0 Å². The van der Waals surface area contributed by atoms with Gasteiger partial charge in [-0.25, -0.2) is 4.98 Å². The molecule has 6 nitrogen and oxygen atoms in total. The minimum atomic E-state index is 0.0841. The van der Waals surface area contributed by atoms with Gasteiger partial charge in [0.1, 0.15) is 0 Å². The van der Waals surface area contributed by atoms with Crippen LogP contribution in [0.3, 0.4) is 0 Å². The summed E-state index contributed by atoms with van der Waals surface area (Å²) in [6, 6.07) is 2.18. The lowest BCUT2D eigenvalue weighted by molar-refractivity contribution is -0.0752. The van der Waals surface area contributed by atoms with Crippen LogP contribution < -0.4 is 0 Å². The fraction of sp³-hybridized carbons (Fsp3) is 0.632. The molecule has 3 aliphatic rings. The molecule has 2 atom stereocenters. The highest BCUT2D eigenvalue weighted by Crippen LogP contribution is 2.41.